The average Bonchev–Trinajstić information content (AvgIpc) is 2.55. The van der Waals surface area contributed by atoms with E-state index in [0.717, 1.165) is 5.56 Å². The first kappa shape index (κ1) is 9.33. The summed E-state index contributed by atoms with van der Waals surface area (Å²) in [5.41, 5.74) is 1.33. The van der Waals surface area contributed by atoms with Gasteiger partial charge >= 0.3 is 0 Å². The Bertz CT molecular complexity index is 417. The molecule has 2 heterocycles. The van der Waals surface area contributed by atoms with E-state index in [2.05, 4.69) is 26.2 Å². The van der Waals surface area contributed by atoms with Gasteiger partial charge in [0.05, 0.1) is 11.8 Å². The molecule has 0 saturated carbocycles. The summed E-state index contributed by atoms with van der Waals surface area (Å²) in [7, 11) is 0. The van der Waals surface area contributed by atoms with E-state index < -0.39 is 0 Å². The summed E-state index contributed by atoms with van der Waals surface area (Å²) in [6.45, 7) is 0. The van der Waals surface area contributed by atoms with Crippen molar-refractivity contribution in [2.45, 2.75) is 6.42 Å². The molecule has 0 aromatic carbocycles. The van der Waals surface area contributed by atoms with Gasteiger partial charge in [0.2, 0.25) is 5.91 Å². The largest absolute Gasteiger partial charge is 0.310 e. The van der Waals surface area contributed by atoms with Crippen LogP contribution in [0.3, 0.4) is 0 Å². The number of hydrogen-bond donors (Lipinski definition) is 1. The molecule has 0 aliphatic carbocycles. The van der Waals surface area contributed by atoms with Crippen LogP contribution in [-0.4, -0.2) is 22.0 Å². The molecule has 1 N–H and O–H groups in total. The maximum Gasteiger partial charge on any atom is 0.230 e. The standard InChI is InChI=1S/C9H7BrN2O2/c10-3-7(13)6-1-5-2-8(14)12-9(5)11-4-6/h1,4H,2-3H2,(H,11,12,14). The summed E-state index contributed by atoms with van der Waals surface area (Å²) >= 11 is 3.08. The van der Waals surface area contributed by atoms with E-state index in [1.54, 1.807) is 6.07 Å². The Morgan fingerprint density at radius 3 is 3.14 bits per heavy atom. The second kappa shape index (κ2) is 3.49. The summed E-state index contributed by atoms with van der Waals surface area (Å²) in [4.78, 5) is 26.3. The summed E-state index contributed by atoms with van der Waals surface area (Å²) in [5.74, 6) is 0.469. The van der Waals surface area contributed by atoms with Crippen LogP contribution in [0.25, 0.3) is 0 Å². The van der Waals surface area contributed by atoms with Gasteiger partial charge in [0, 0.05) is 17.3 Å². The van der Waals surface area contributed by atoms with E-state index in [1.165, 1.54) is 6.20 Å². The minimum absolute atomic E-state index is 0.0281. The number of amides is 1. The second-order valence-electron chi connectivity index (χ2n) is 3.01. The highest BCUT2D eigenvalue weighted by Gasteiger charge is 2.20. The molecule has 1 amide bonds. The van der Waals surface area contributed by atoms with E-state index in [0.29, 0.717) is 17.8 Å². The number of ketones is 1. The Balaban J connectivity index is 2.37. The summed E-state index contributed by atoms with van der Waals surface area (Å²) in [6.07, 6.45) is 1.79. The van der Waals surface area contributed by atoms with E-state index in [1.807, 2.05) is 0 Å². The smallest absolute Gasteiger partial charge is 0.230 e. The van der Waals surface area contributed by atoms with Gasteiger partial charge in [-0.1, -0.05) is 15.9 Å². The van der Waals surface area contributed by atoms with Crippen LogP contribution in [0.5, 0.6) is 0 Å². The Morgan fingerprint density at radius 2 is 2.43 bits per heavy atom. The highest BCUT2D eigenvalue weighted by Crippen LogP contribution is 2.21. The Hall–Kier alpha value is -1.23. The Kier molecular flexibility index (Phi) is 2.33. The molecule has 0 spiro atoms. The van der Waals surface area contributed by atoms with Crippen molar-refractivity contribution in [1.82, 2.24) is 4.98 Å². The number of hydrogen-bond acceptors (Lipinski definition) is 3. The van der Waals surface area contributed by atoms with Crippen molar-refractivity contribution in [3.8, 4) is 0 Å². The lowest BCUT2D eigenvalue weighted by Crippen LogP contribution is -2.04. The van der Waals surface area contributed by atoms with E-state index in [9.17, 15) is 9.59 Å². The molecule has 0 fully saturated rings. The fourth-order valence-corrected chi connectivity index (χ4v) is 1.66. The van der Waals surface area contributed by atoms with Gasteiger partial charge in [0.15, 0.2) is 5.78 Å². The topological polar surface area (TPSA) is 59.1 Å². The Labute approximate surface area is 88.8 Å². The number of carbonyl (C=O) groups is 2. The molecule has 1 aromatic heterocycles. The molecule has 72 valence electrons. The van der Waals surface area contributed by atoms with E-state index >= 15 is 0 Å². The van der Waals surface area contributed by atoms with Crippen molar-refractivity contribution >= 4 is 33.4 Å². The first-order chi connectivity index (χ1) is 6.70. The lowest BCUT2D eigenvalue weighted by molar-refractivity contribution is -0.115. The van der Waals surface area contributed by atoms with Crippen LogP contribution in [0.4, 0.5) is 5.82 Å². The summed E-state index contributed by atoms with van der Waals surface area (Å²) in [5, 5.41) is 2.88. The second-order valence-corrected chi connectivity index (χ2v) is 3.57. The average molecular weight is 255 g/mol. The van der Waals surface area contributed by atoms with Gasteiger partial charge in [0.25, 0.3) is 0 Å². The van der Waals surface area contributed by atoms with Crippen LogP contribution in [0.15, 0.2) is 12.3 Å². The zero-order chi connectivity index (χ0) is 10.1. The van der Waals surface area contributed by atoms with Crippen LogP contribution in [0, 0.1) is 0 Å². The molecular weight excluding hydrogens is 248 g/mol. The van der Waals surface area contributed by atoms with Crippen molar-refractivity contribution in [3.63, 3.8) is 0 Å². The lowest BCUT2D eigenvalue weighted by Gasteiger charge is -1.99. The monoisotopic (exact) mass is 254 g/mol. The zero-order valence-electron chi connectivity index (χ0n) is 7.21. The molecule has 2 rings (SSSR count). The van der Waals surface area contributed by atoms with Crippen LogP contribution in [-0.2, 0) is 11.2 Å². The fourth-order valence-electron chi connectivity index (χ4n) is 1.34. The summed E-state index contributed by atoms with van der Waals surface area (Å²) < 4.78 is 0. The number of nitrogens with zero attached hydrogens (tertiary/aromatic N) is 1. The molecule has 1 aromatic rings. The first-order valence-electron chi connectivity index (χ1n) is 4.08. The molecule has 1 aliphatic rings. The number of aromatic nitrogens is 1. The third kappa shape index (κ3) is 1.55. The van der Waals surface area contributed by atoms with Gasteiger partial charge in [0.1, 0.15) is 5.82 Å². The predicted molar refractivity (Wildman–Crippen MR) is 54.7 cm³/mol. The molecule has 4 nitrogen and oxygen atoms in total. The number of halogens is 1. The molecule has 0 radical (unpaired) electrons. The van der Waals surface area contributed by atoms with Crippen molar-refractivity contribution in [3.05, 3.63) is 23.4 Å². The van der Waals surface area contributed by atoms with Gasteiger partial charge in [-0.3, -0.25) is 9.59 Å². The molecule has 0 saturated heterocycles. The third-order valence-corrected chi connectivity index (χ3v) is 2.53. The van der Waals surface area contributed by atoms with Crippen molar-refractivity contribution < 1.29 is 9.59 Å². The van der Waals surface area contributed by atoms with Crippen LogP contribution in [0.2, 0.25) is 0 Å². The molecule has 0 atom stereocenters. The molecule has 14 heavy (non-hydrogen) atoms. The van der Waals surface area contributed by atoms with Crippen molar-refractivity contribution in [2.75, 3.05) is 10.6 Å². The maximum absolute atomic E-state index is 11.3. The van der Waals surface area contributed by atoms with Crippen LogP contribution in [0.1, 0.15) is 15.9 Å². The molecular formula is C9H7BrN2O2. The normalized spacial score (nSPS) is 13.6. The number of rotatable bonds is 2. The zero-order valence-corrected chi connectivity index (χ0v) is 8.80. The first-order valence-corrected chi connectivity index (χ1v) is 5.21. The van der Waals surface area contributed by atoms with Gasteiger partial charge in [-0.15, -0.1) is 0 Å². The number of fused-ring (bicyclic) bond motifs is 1. The highest BCUT2D eigenvalue weighted by molar-refractivity contribution is 9.09. The maximum atomic E-state index is 11.3. The third-order valence-electron chi connectivity index (χ3n) is 2.02. The SMILES string of the molecule is O=C1Cc2cc(C(=O)CBr)cnc2N1. The summed E-state index contributed by atoms with van der Waals surface area (Å²) in [6, 6.07) is 1.71. The predicted octanol–water partition coefficient (Wildman–Crippen LogP) is 1.15. The van der Waals surface area contributed by atoms with Gasteiger partial charge in [-0.25, -0.2) is 4.98 Å². The number of pyridine rings is 1. The molecule has 0 unspecified atom stereocenters. The van der Waals surface area contributed by atoms with Gasteiger partial charge < -0.3 is 5.32 Å². The fraction of sp³-hybridized carbons (Fsp3) is 0.222. The highest BCUT2D eigenvalue weighted by atomic mass is 79.9. The Morgan fingerprint density at radius 1 is 1.64 bits per heavy atom. The molecule has 5 heteroatoms. The number of alkyl halides is 1. The van der Waals surface area contributed by atoms with Gasteiger partial charge in [-0.05, 0) is 6.07 Å². The number of carbonyl (C=O) groups excluding carboxylic acids is 2. The lowest BCUT2D eigenvalue weighted by atomic mass is 10.1. The van der Waals surface area contributed by atoms with Crippen molar-refractivity contribution in [2.24, 2.45) is 0 Å². The van der Waals surface area contributed by atoms with Crippen molar-refractivity contribution in [1.29, 1.82) is 0 Å². The number of nitrogens with one attached hydrogen (secondary N) is 1. The number of anilines is 1. The minimum atomic E-state index is -0.0732. The quantitative estimate of drug-likeness (QED) is 0.637. The van der Waals surface area contributed by atoms with Gasteiger partial charge in [-0.2, -0.15) is 0 Å². The van der Waals surface area contributed by atoms with E-state index in [4.69, 9.17) is 0 Å². The van der Waals surface area contributed by atoms with Crippen LogP contribution >= 0.6 is 15.9 Å². The van der Waals surface area contributed by atoms with E-state index in [-0.39, 0.29) is 17.0 Å². The molecule has 0 bridgehead atoms. The number of Topliss-reactive ketones (excluding diaryl/α,β-unsaturated/α-hetero) is 1. The minimum Gasteiger partial charge on any atom is -0.310 e. The van der Waals surface area contributed by atoms with Crippen LogP contribution < -0.4 is 5.32 Å². The molecule has 1 aliphatic heterocycles.